The van der Waals surface area contributed by atoms with Gasteiger partial charge in [-0.2, -0.15) is 0 Å². The zero-order valence-corrected chi connectivity index (χ0v) is 16.5. The van der Waals surface area contributed by atoms with Crippen molar-refractivity contribution in [3.05, 3.63) is 18.2 Å². The number of aromatic nitrogens is 1. The fourth-order valence-electron chi connectivity index (χ4n) is 2.94. The van der Waals surface area contributed by atoms with Gasteiger partial charge in [-0.15, -0.1) is 13.2 Å². The highest BCUT2D eigenvalue weighted by molar-refractivity contribution is 7.22. The van der Waals surface area contributed by atoms with Crippen LogP contribution in [0.15, 0.2) is 18.2 Å². The number of carbonyl (C=O) groups is 3. The van der Waals surface area contributed by atoms with Crippen LogP contribution in [0.1, 0.15) is 32.1 Å². The summed E-state index contributed by atoms with van der Waals surface area (Å²) in [7, 11) is 0. The summed E-state index contributed by atoms with van der Waals surface area (Å²) in [6.45, 7) is 0.310. The van der Waals surface area contributed by atoms with Crippen molar-refractivity contribution in [2.75, 3.05) is 11.9 Å². The van der Waals surface area contributed by atoms with E-state index in [9.17, 15) is 27.6 Å². The van der Waals surface area contributed by atoms with Crippen molar-refractivity contribution in [3.8, 4) is 5.75 Å². The largest absolute Gasteiger partial charge is 0.573 e. The Morgan fingerprint density at radius 1 is 1.30 bits per heavy atom. The molecule has 1 atom stereocenters. The highest BCUT2D eigenvalue weighted by Gasteiger charge is 2.31. The number of rotatable bonds is 8. The molecule has 2 aromatic rings. The number of carbonyl (C=O) groups excluding carboxylic acids is 3. The summed E-state index contributed by atoms with van der Waals surface area (Å²) in [4.78, 5) is 39.1. The lowest BCUT2D eigenvalue weighted by Gasteiger charge is -2.10. The van der Waals surface area contributed by atoms with E-state index < -0.39 is 6.36 Å². The molecule has 8 nitrogen and oxygen atoms in total. The molecule has 0 bridgehead atoms. The first-order valence-electron chi connectivity index (χ1n) is 9.20. The van der Waals surface area contributed by atoms with Crippen LogP contribution in [0.3, 0.4) is 0 Å². The number of nitrogens with zero attached hydrogens (tertiary/aromatic N) is 1. The first kappa shape index (κ1) is 21.8. The highest BCUT2D eigenvalue weighted by atomic mass is 32.1. The number of fused-ring (bicyclic) bond motifs is 1. The molecular weight excluding hydrogens is 425 g/mol. The Bertz CT molecular complexity index is 947. The molecule has 0 aliphatic carbocycles. The van der Waals surface area contributed by atoms with E-state index in [1.165, 1.54) is 12.1 Å². The predicted octanol–water partition coefficient (Wildman–Crippen LogP) is 2.70. The standard InChI is InChI=1S/C18H19F3N4O4S/c19-18(20,21)29-11-4-5-12-13(9-11)30-17(24-12)25-14(26)2-1-7-22-16(28)8-10-3-6-15(27)23-10/h4-5,9-10H,1-3,6-8H2,(H,22,28)(H,23,27)(H,24,25,26)/t10-/m1/s1. The molecule has 1 saturated heterocycles. The van der Waals surface area contributed by atoms with Gasteiger partial charge < -0.3 is 20.7 Å². The van der Waals surface area contributed by atoms with E-state index in [2.05, 4.69) is 25.7 Å². The molecule has 0 radical (unpaired) electrons. The molecule has 0 unspecified atom stereocenters. The SMILES string of the molecule is O=C(C[C@H]1CCC(=O)N1)NCCCC(=O)Nc1nc2ccc(OC(F)(F)F)cc2s1. The van der Waals surface area contributed by atoms with Crippen LogP contribution >= 0.6 is 11.3 Å². The number of anilines is 1. The van der Waals surface area contributed by atoms with Gasteiger partial charge >= 0.3 is 6.36 Å². The van der Waals surface area contributed by atoms with Crippen LogP contribution in [0.4, 0.5) is 18.3 Å². The van der Waals surface area contributed by atoms with E-state index in [1.54, 1.807) is 0 Å². The van der Waals surface area contributed by atoms with Gasteiger partial charge in [-0.25, -0.2) is 4.98 Å². The van der Waals surface area contributed by atoms with Crippen molar-refractivity contribution >= 4 is 44.4 Å². The molecule has 2 heterocycles. The lowest BCUT2D eigenvalue weighted by Crippen LogP contribution is -2.33. The molecule has 0 spiro atoms. The fraction of sp³-hybridized carbons (Fsp3) is 0.444. The Hall–Kier alpha value is -2.89. The third-order valence-electron chi connectivity index (χ3n) is 4.26. The summed E-state index contributed by atoms with van der Waals surface area (Å²) in [5, 5.41) is 8.27. The van der Waals surface area contributed by atoms with Crippen molar-refractivity contribution in [3.63, 3.8) is 0 Å². The Morgan fingerprint density at radius 2 is 2.10 bits per heavy atom. The third kappa shape index (κ3) is 6.58. The molecule has 1 aliphatic rings. The molecule has 1 aromatic heterocycles. The number of halogens is 3. The molecule has 162 valence electrons. The smallest absolute Gasteiger partial charge is 0.406 e. The van der Waals surface area contributed by atoms with Crippen molar-refractivity contribution in [1.82, 2.24) is 15.6 Å². The molecule has 12 heteroatoms. The van der Waals surface area contributed by atoms with Gasteiger partial charge in [-0.1, -0.05) is 11.3 Å². The zero-order chi connectivity index (χ0) is 21.7. The van der Waals surface area contributed by atoms with Gasteiger partial charge in [0.1, 0.15) is 5.75 Å². The number of amides is 3. The van der Waals surface area contributed by atoms with Crippen LogP contribution in [0.5, 0.6) is 5.75 Å². The Kier molecular flexibility index (Phi) is 6.75. The maximum Gasteiger partial charge on any atom is 0.573 e. The Morgan fingerprint density at radius 3 is 2.80 bits per heavy atom. The molecule has 3 amide bonds. The second-order valence-corrected chi connectivity index (χ2v) is 7.74. The average molecular weight is 444 g/mol. The number of hydrogen-bond donors (Lipinski definition) is 3. The first-order valence-corrected chi connectivity index (χ1v) is 10.0. The van der Waals surface area contributed by atoms with E-state index in [4.69, 9.17) is 0 Å². The van der Waals surface area contributed by atoms with Crippen LogP contribution in [0, 0.1) is 0 Å². The van der Waals surface area contributed by atoms with Gasteiger partial charge in [-0.05, 0) is 25.0 Å². The number of alkyl halides is 3. The van der Waals surface area contributed by atoms with E-state index in [0.717, 1.165) is 17.4 Å². The van der Waals surface area contributed by atoms with Crippen molar-refractivity contribution in [2.45, 2.75) is 44.5 Å². The number of thiazole rings is 1. The van der Waals surface area contributed by atoms with Crippen molar-refractivity contribution in [2.24, 2.45) is 0 Å². The van der Waals surface area contributed by atoms with E-state index in [-0.39, 0.29) is 47.5 Å². The lowest BCUT2D eigenvalue weighted by molar-refractivity contribution is -0.274. The number of hydrogen-bond acceptors (Lipinski definition) is 6. The van der Waals surface area contributed by atoms with Gasteiger partial charge in [-0.3, -0.25) is 14.4 Å². The number of benzene rings is 1. The topological polar surface area (TPSA) is 109 Å². The lowest BCUT2D eigenvalue weighted by atomic mass is 10.1. The van der Waals surface area contributed by atoms with Crippen LogP contribution in [-0.4, -0.2) is 41.7 Å². The summed E-state index contributed by atoms with van der Waals surface area (Å²) in [5.41, 5.74) is 0.441. The van der Waals surface area contributed by atoms with Gasteiger partial charge in [0.2, 0.25) is 17.7 Å². The zero-order valence-electron chi connectivity index (χ0n) is 15.7. The summed E-state index contributed by atoms with van der Waals surface area (Å²) in [6.07, 6.45) is -2.96. The molecule has 3 rings (SSSR count). The van der Waals surface area contributed by atoms with E-state index >= 15 is 0 Å². The van der Waals surface area contributed by atoms with Gasteiger partial charge in [0, 0.05) is 37.9 Å². The first-order chi connectivity index (χ1) is 14.2. The molecule has 1 aromatic carbocycles. The molecule has 30 heavy (non-hydrogen) atoms. The predicted molar refractivity (Wildman–Crippen MR) is 103 cm³/mol. The maximum absolute atomic E-state index is 12.3. The normalized spacial score (nSPS) is 16.4. The number of ether oxygens (including phenoxy) is 1. The van der Waals surface area contributed by atoms with Gasteiger partial charge in [0.15, 0.2) is 5.13 Å². The van der Waals surface area contributed by atoms with Crippen LogP contribution in [0.25, 0.3) is 10.2 Å². The maximum atomic E-state index is 12.3. The molecular formula is C18H19F3N4O4S. The second-order valence-electron chi connectivity index (χ2n) is 6.71. The Balaban J connectivity index is 1.40. The van der Waals surface area contributed by atoms with E-state index in [1.807, 2.05) is 0 Å². The monoisotopic (exact) mass is 444 g/mol. The van der Waals surface area contributed by atoms with Crippen LogP contribution < -0.4 is 20.7 Å². The molecule has 0 saturated carbocycles. The minimum atomic E-state index is -4.78. The third-order valence-corrected chi connectivity index (χ3v) is 5.19. The summed E-state index contributed by atoms with van der Waals surface area (Å²) in [5.74, 6) is -0.920. The molecule has 1 aliphatic heterocycles. The van der Waals surface area contributed by atoms with Gasteiger partial charge in [0.05, 0.1) is 10.2 Å². The Labute approximate surface area is 173 Å². The summed E-state index contributed by atoms with van der Waals surface area (Å²) in [6, 6.07) is 3.60. The van der Waals surface area contributed by atoms with Crippen molar-refractivity contribution in [1.29, 1.82) is 0 Å². The van der Waals surface area contributed by atoms with Crippen molar-refractivity contribution < 1.29 is 32.3 Å². The quantitative estimate of drug-likeness (QED) is 0.543. The molecule has 3 N–H and O–H groups in total. The highest BCUT2D eigenvalue weighted by Crippen LogP contribution is 2.31. The average Bonchev–Trinajstić information content (AvgIpc) is 3.22. The van der Waals surface area contributed by atoms with Crippen LogP contribution in [0.2, 0.25) is 0 Å². The molecule has 1 fully saturated rings. The minimum Gasteiger partial charge on any atom is -0.406 e. The van der Waals surface area contributed by atoms with Gasteiger partial charge in [0.25, 0.3) is 0 Å². The van der Waals surface area contributed by atoms with Crippen LogP contribution in [-0.2, 0) is 14.4 Å². The fourth-order valence-corrected chi connectivity index (χ4v) is 3.85. The summed E-state index contributed by atoms with van der Waals surface area (Å²) < 4.78 is 41.2. The van der Waals surface area contributed by atoms with E-state index in [0.29, 0.717) is 36.0 Å². The minimum absolute atomic E-state index is 0.0524. The number of nitrogens with one attached hydrogen (secondary N) is 3. The second kappa shape index (κ2) is 9.28. The summed E-state index contributed by atoms with van der Waals surface area (Å²) >= 11 is 1.03.